The second kappa shape index (κ2) is 7.07. The highest BCUT2D eigenvalue weighted by atomic mass is 32.2. The summed E-state index contributed by atoms with van der Waals surface area (Å²) in [4.78, 5) is 18.5. The molecule has 0 bridgehead atoms. The third kappa shape index (κ3) is 3.62. The van der Waals surface area contributed by atoms with Crippen molar-refractivity contribution in [2.24, 2.45) is 0 Å². The maximum absolute atomic E-state index is 12.5. The van der Waals surface area contributed by atoms with Crippen LogP contribution in [0, 0.1) is 0 Å². The van der Waals surface area contributed by atoms with Crippen LogP contribution in [0.2, 0.25) is 0 Å². The Hall–Kier alpha value is -1.31. The van der Waals surface area contributed by atoms with E-state index in [4.69, 9.17) is 9.47 Å². The predicted molar refractivity (Wildman–Crippen MR) is 90.2 cm³/mol. The lowest BCUT2D eigenvalue weighted by atomic mass is 9.91. The van der Waals surface area contributed by atoms with Gasteiger partial charge in [-0.05, 0) is 12.5 Å². The fourth-order valence-electron chi connectivity index (χ4n) is 3.16. The van der Waals surface area contributed by atoms with Gasteiger partial charge in [0, 0.05) is 50.8 Å². The highest BCUT2D eigenvalue weighted by Gasteiger charge is 2.50. The van der Waals surface area contributed by atoms with E-state index >= 15 is 0 Å². The van der Waals surface area contributed by atoms with E-state index in [0.717, 1.165) is 38.4 Å². The van der Waals surface area contributed by atoms with Gasteiger partial charge < -0.3 is 19.7 Å². The molecule has 2 aliphatic heterocycles. The number of rotatable bonds is 6. The molecule has 0 aliphatic carbocycles. The molecule has 23 heavy (non-hydrogen) atoms. The summed E-state index contributed by atoms with van der Waals surface area (Å²) in [5.41, 5.74) is 0.624. The molecular weight excluding hydrogens is 314 g/mol. The van der Waals surface area contributed by atoms with Crippen LogP contribution in [0.1, 0.15) is 16.8 Å². The Bertz CT molecular complexity index is 546. The van der Waals surface area contributed by atoms with Gasteiger partial charge in [-0.2, -0.15) is 0 Å². The summed E-state index contributed by atoms with van der Waals surface area (Å²) in [6, 6.07) is 4.02. The largest absolute Gasteiger partial charge is 0.481 e. The molecule has 0 saturated carbocycles. The summed E-state index contributed by atoms with van der Waals surface area (Å²) < 4.78 is 10.3. The fraction of sp³-hybridized carbons (Fsp3) is 0.625. The van der Waals surface area contributed by atoms with Gasteiger partial charge in [0.1, 0.15) is 0 Å². The molecule has 0 radical (unpaired) electrons. The minimum absolute atomic E-state index is 0.0576. The van der Waals surface area contributed by atoms with Gasteiger partial charge in [-0.15, -0.1) is 11.8 Å². The number of aromatic nitrogens is 1. The second-order valence-corrected chi connectivity index (χ2v) is 7.58. The van der Waals surface area contributed by atoms with Gasteiger partial charge in [-0.25, -0.2) is 4.98 Å². The van der Waals surface area contributed by atoms with E-state index in [9.17, 15) is 4.79 Å². The summed E-state index contributed by atoms with van der Waals surface area (Å²) in [5.74, 6) is 1.69. The summed E-state index contributed by atoms with van der Waals surface area (Å²) in [6.45, 7) is 3.27. The zero-order valence-corrected chi connectivity index (χ0v) is 14.4. The average Bonchev–Trinajstić information content (AvgIpc) is 2.98. The van der Waals surface area contributed by atoms with Crippen molar-refractivity contribution in [3.8, 4) is 5.88 Å². The number of nitrogens with zero attached hydrogens (tertiary/aromatic N) is 2. The van der Waals surface area contributed by atoms with E-state index in [1.54, 1.807) is 32.5 Å². The van der Waals surface area contributed by atoms with Gasteiger partial charge in [-0.3, -0.25) is 4.79 Å². The van der Waals surface area contributed by atoms with Crippen molar-refractivity contribution in [2.75, 3.05) is 46.2 Å². The van der Waals surface area contributed by atoms with Gasteiger partial charge in [0.2, 0.25) is 5.88 Å². The number of thioether (sulfide) groups is 1. The molecule has 126 valence electrons. The van der Waals surface area contributed by atoms with Crippen LogP contribution in [0.4, 0.5) is 0 Å². The SMILES string of the molecule is COCCNC1CSC2(C1)CN(C(=O)c1ccc(OC)nc1)C2. The molecule has 1 unspecified atom stereocenters. The molecule has 6 nitrogen and oxygen atoms in total. The molecule has 1 aromatic heterocycles. The molecule has 0 aromatic carbocycles. The van der Waals surface area contributed by atoms with Gasteiger partial charge in [-0.1, -0.05) is 0 Å². The van der Waals surface area contributed by atoms with Crippen LogP contribution >= 0.6 is 11.8 Å². The molecule has 2 saturated heterocycles. The summed E-state index contributed by atoms with van der Waals surface area (Å²) in [5, 5.41) is 3.52. The van der Waals surface area contributed by atoms with E-state index in [1.807, 2.05) is 16.7 Å². The van der Waals surface area contributed by atoms with Crippen LogP contribution in [0.15, 0.2) is 18.3 Å². The number of amides is 1. The van der Waals surface area contributed by atoms with Gasteiger partial charge in [0.05, 0.1) is 24.0 Å². The molecule has 3 rings (SSSR count). The summed E-state index contributed by atoms with van der Waals surface area (Å²) >= 11 is 1.99. The molecule has 1 spiro atoms. The number of hydrogen-bond donors (Lipinski definition) is 1. The Morgan fingerprint density at radius 3 is 2.96 bits per heavy atom. The maximum Gasteiger partial charge on any atom is 0.255 e. The number of likely N-dealkylation sites (tertiary alicyclic amines) is 1. The lowest BCUT2D eigenvalue weighted by Crippen LogP contribution is -2.61. The van der Waals surface area contributed by atoms with E-state index in [2.05, 4.69) is 10.3 Å². The van der Waals surface area contributed by atoms with Crippen molar-refractivity contribution >= 4 is 17.7 Å². The Balaban J connectivity index is 1.49. The van der Waals surface area contributed by atoms with Crippen molar-refractivity contribution < 1.29 is 14.3 Å². The zero-order valence-electron chi connectivity index (χ0n) is 13.6. The van der Waals surface area contributed by atoms with E-state index < -0.39 is 0 Å². The number of nitrogens with one attached hydrogen (secondary N) is 1. The Morgan fingerprint density at radius 1 is 1.48 bits per heavy atom. The first-order valence-electron chi connectivity index (χ1n) is 7.81. The normalized spacial score (nSPS) is 22.2. The summed E-state index contributed by atoms with van der Waals surface area (Å²) in [7, 11) is 3.29. The predicted octanol–water partition coefficient (Wildman–Crippen LogP) is 1.03. The van der Waals surface area contributed by atoms with Gasteiger partial charge in [0.15, 0.2) is 0 Å². The lowest BCUT2D eigenvalue weighted by Gasteiger charge is -2.47. The number of hydrogen-bond acceptors (Lipinski definition) is 6. The molecule has 1 aromatic rings. The van der Waals surface area contributed by atoms with Crippen LogP contribution in [0.5, 0.6) is 5.88 Å². The molecule has 2 aliphatic rings. The van der Waals surface area contributed by atoms with Crippen molar-refractivity contribution in [2.45, 2.75) is 17.2 Å². The Morgan fingerprint density at radius 2 is 2.30 bits per heavy atom. The van der Waals surface area contributed by atoms with Crippen LogP contribution in [-0.2, 0) is 4.74 Å². The van der Waals surface area contributed by atoms with Crippen LogP contribution < -0.4 is 10.1 Å². The molecular formula is C16H23N3O3S. The molecule has 1 amide bonds. The van der Waals surface area contributed by atoms with E-state index in [0.29, 0.717) is 17.5 Å². The van der Waals surface area contributed by atoms with Crippen LogP contribution in [0.3, 0.4) is 0 Å². The zero-order chi connectivity index (χ0) is 16.3. The third-order valence-corrected chi connectivity index (χ3v) is 5.99. The van der Waals surface area contributed by atoms with Crippen molar-refractivity contribution in [3.63, 3.8) is 0 Å². The highest BCUT2D eigenvalue weighted by Crippen LogP contribution is 2.45. The molecule has 2 fully saturated rings. The van der Waals surface area contributed by atoms with Gasteiger partial charge >= 0.3 is 0 Å². The summed E-state index contributed by atoms with van der Waals surface area (Å²) in [6.07, 6.45) is 2.70. The van der Waals surface area contributed by atoms with Crippen molar-refractivity contribution in [1.82, 2.24) is 15.2 Å². The molecule has 3 heterocycles. The Kier molecular flexibility index (Phi) is 5.08. The topological polar surface area (TPSA) is 63.7 Å². The van der Waals surface area contributed by atoms with Crippen molar-refractivity contribution in [3.05, 3.63) is 23.9 Å². The van der Waals surface area contributed by atoms with Crippen LogP contribution in [0.25, 0.3) is 0 Å². The first-order chi connectivity index (χ1) is 11.2. The average molecular weight is 337 g/mol. The molecule has 7 heteroatoms. The number of pyridine rings is 1. The lowest BCUT2D eigenvalue weighted by molar-refractivity contribution is 0.0551. The first-order valence-corrected chi connectivity index (χ1v) is 8.80. The van der Waals surface area contributed by atoms with E-state index in [1.165, 1.54) is 0 Å². The maximum atomic E-state index is 12.5. The highest BCUT2D eigenvalue weighted by molar-refractivity contribution is 8.01. The quantitative estimate of drug-likeness (QED) is 0.782. The minimum Gasteiger partial charge on any atom is -0.481 e. The number of methoxy groups -OCH3 is 2. The first kappa shape index (κ1) is 16.5. The minimum atomic E-state index is 0.0576. The monoisotopic (exact) mass is 337 g/mol. The van der Waals surface area contributed by atoms with E-state index in [-0.39, 0.29) is 10.7 Å². The van der Waals surface area contributed by atoms with Crippen molar-refractivity contribution in [1.29, 1.82) is 0 Å². The fourth-order valence-corrected chi connectivity index (χ4v) is 4.77. The number of ether oxygens (including phenoxy) is 2. The Labute approximate surface area is 140 Å². The molecule has 1 atom stereocenters. The molecule has 1 N–H and O–H groups in total. The number of carbonyl (C=O) groups excluding carboxylic acids is 1. The number of carbonyl (C=O) groups is 1. The van der Waals surface area contributed by atoms with Gasteiger partial charge in [0.25, 0.3) is 5.91 Å². The standard InChI is InChI=1S/C16H23N3O3S/c1-21-6-5-17-13-7-16(23-9-13)10-19(11-16)15(20)12-3-4-14(22-2)18-8-12/h3-4,8,13,17H,5-7,9-11H2,1-2H3. The van der Waals surface area contributed by atoms with Crippen LogP contribution in [-0.4, -0.2) is 72.8 Å². The third-order valence-electron chi connectivity index (χ3n) is 4.39. The smallest absolute Gasteiger partial charge is 0.255 e. The second-order valence-electron chi connectivity index (χ2n) is 6.09.